The quantitative estimate of drug-likeness (QED) is 0.496. The molecular weight excluding hydrogens is 156 g/mol. The van der Waals surface area contributed by atoms with E-state index < -0.39 is 0 Å². The Morgan fingerprint density at radius 2 is 2.00 bits per heavy atom. The van der Waals surface area contributed by atoms with Crippen LogP contribution in [-0.2, 0) is 0 Å². The predicted molar refractivity (Wildman–Crippen MR) is 53.3 cm³/mol. The Kier molecular flexibility index (Phi) is 5.38. The number of hydrogen-bond acceptors (Lipinski definition) is 2. The summed E-state index contributed by atoms with van der Waals surface area (Å²) in [5.41, 5.74) is 5.28. The largest absolute Gasteiger partial charge is 0.388 e. The summed E-state index contributed by atoms with van der Waals surface area (Å²) in [6.07, 6.45) is 1.90. The molecule has 0 aliphatic rings. The lowest BCUT2D eigenvalue weighted by molar-refractivity contribution is 0.886. The fourth-order valence-electron chi connectivity index (χ4n) is 0.851. The van der Waals surface area contributed by atoms with Crippen molar-refractivity contribution in [3.63, 3.8) is 0 Å². The molecule has 2 unspecified atom stereocenters. The van der Waals surface area contributed by atoms with Crippen LogP contribution in [0.3, 0.4) is 0 Å². The van der Waals surface area contributed by atoms with Crippen molar-refractivity contribution in [1.82, 2.24) is 0 Å². The third kappa shape index (κ3) is 6.23. The number of rotatable bonds is 5. The molecule has 0 radical (unpaired) electrons. The van der Waals surface area contributed by atoms with Gasteiger partial charge in [0.25, 0.3) is 0 Å². The average molecular weight is 174 g/mol. The Labute approximate surface area is 73.4 Å². The van der Waals surface area contributed by atoms with Gasteiger partial charge in [0.15, 0.2) is 0 Å². The molecule has 0 amide bonds. The smallest absolute Gasteiger partial charge is 0.0916 e. The van der Waals surface area contributed by atoms with Gasteiger partial charge < -0.3 is 5.73 Å². The van der Waals surface area contributed by atoms with Gasteiger partial charge in [0.05, 0.1) is 5.84 Å². The van der Waals surface area contributed by atoms with Crippen LogP contribution in [0, 0.1) is 5.41 Å². The van der Waals surface area contributed by atoms with E-state index in [-0.39, 0.29) is 0 Å². The van der Waals surface area contributed by atoms with E-state index >= 15 is 0 Å². The molecule has 11 heavy (non-hydrogen) atoms. The van der Waals surface area contributed by atoms with Crippen molar-refractivity contribution in [3.05, 3.63) is 0 Å². The molecule has 0 aliphatic heterocycles. The first-order chi connectivity index (χ1) is 5.06. The Hall–Kier alpha value is -0.180. The molecule has 3 heteroatoms. The average Bonchev–Trinajstić information content (AvgIpc) is 1.85. The number of hydrogen-bond donors (Lipinski definition) is 2. The highest BCUT2D eigenvalue weighted by molar-refractivity contribution is 8.00. The van der Waals surface area contributed by atoms with Crippen LogP contribution in [0.4, 0.5) is 0 Å². The second-order valence-corrected chi connectivity index (χ2v) is 4.78. The van der Waals surface area contributed by atoms with E-state index in [0.29, 0.717) is 16.3 Å². The zero-order valence-corrected chi connectivity index (χ0v) is 8.37. The van der Waals surface area contributed by atoms with Crippen molar-refractivity contribution in [3.8, 4) is 0 Å². The van der Waals surface area contributed by atoms with Gasteiger partial charge in [0.2, 0.25) is 0 Å². The number of amidine groups is 1. The molecule has 0 aliphatic carbocycles. The van der Waals surface area contributed by atoms with E-state index in [1.807, 2.05) is 11.8 Å². The van der Waals surface area contributed by atoms with Crippen LogP contribution in [0.1, 0.15) is 33.6 Å². The second-order valence-electron chi connectivity index (χ2n) is 2.89. The normalized spacial score (nSPS) is 15.9. The minimum atomic E-state index is 0.299. The maximum atomic E-state index is 7.09. The van der Waals surface area contributed by atoms with E-state index in [1.54, 1.807) is 0 Å². The zero-order valence-electron chi connectivity index (χ0n) is 7.55. The third-order valence-corrected chi connectivity index (χ3v) is 2.98. The molecule has 0 rings (SSSR count). The lowest BCUT2D eigenvalue weighted by Crippen LogP contribution is -2.16. The number of nitrogens with one attached hydrogen (secondary N) is 1. The molecular formula is C8H18N2S. The molecule has 0 aromatic heterocycles. The van der Waals surface area contributed by atoms with E-state index in [1.165, 1.54) is 6.42 Å². The molecule has 0 saturated heterocycles. The van der Waals surface area contributed by atoms with Gasteiger partial charge in [-0.3, -0.25) is 5.41 Å². The van der Waals surface area contributed by atoms with Crippen LogP contribution in [0.2, 0.25) is 0 Å². The molecule has 0 spiro atoms. The topological polar surface area (TPSA) is 49.9 Å². The summed E-state index contributed by atoms with van der Waals surface area (Å²) in [6, 6.07) is 0. The second kappa shape index (κ2) is 5.47. The van der Waals surface area contributed by atoms with Crippen molar-refractivity contribution in [2.75, 3.05) is 0 Å². The molecule has 2 nitrogen and oxygen atoms in total. The minimum Gasteiger partial charge on any atom is -0.388 e. The Balaban J connectivity index is 3.51. The Morgan fingerprint density at radius 1 is 1.45 bits per heavy atom. The summed E-state index contributed by atoms with van der Waals surface area (Å²) >= 11 is 1.91. The minimum absolute atomic E-state index is 0.299. The van der Waals surface area contributed by atoms with Gasteiger partial charge in [-0.05, 0) is 6.42 Å². The summed E-state index contributed by atoms with van der Waals surface area (Å²) in [7, 11) is 0. The molecule has 66 valence electrons. The lowest BCUT2D eigenvalue weighted by atomic mass is 10.3. The first-order valence-corrected chi connectivity index (χ1v) is 4.98. The van der Waals surface area contributed by atoms with Crippen molar-refractivity contribution in [2.45, 2.75) is 44.1 Å². The monoisotopic (exact) mass is 174 g/mol. The summed E-state index contributed by atoms with van der Waals surface area (Å²) < 4.78 is 0. The molecule has 3 N–H and O–H groups in total. The van der Waals surface area contributed by atoms with E-state index in [4.69, 9.17) is 11.1 Å². The lowest BCUT2D eigenvalue weighted by Gasteiger charge is -2.14. The van der Waals surface area contributed by atoms with E-state index in [0.717, 1.165) is 6.42 Å². The maximum Gasteiger partial charge on any atom is 0.0916 e. The molecule has 2 atom stereocenters. The summed E-state index contributed by atoms with van der Waals surface area (Å²) in [5.74, 6) is 0.299. The Morgan fingerprint density at radius 3 is 2.36 bits per heavy atom. The number of thioether (sulfide) groups is 1. The van der Waals surface area contributed by atoms with Crippen LogP contribution in [0.5, 0.6) is 0 Å². The fourth-order valence-corrected chi connectivity index (χ4v) is 2.11. The van der Waals surface area contributed by atoms with Gasteiger partial charge in [-0.1, -0.05) is 20.8 Å². The van der Waals surface area contributed by atoms with Gasteiger partial charge >= 0.3 is 0 Å². The standard InChI is InChI=1S/C8H18N2S/c1-4-6(2)11-7(3)5-8(9)10/h6-7H,4-5H2,1-3H3,(H3,9,10). The summed E-state index contributed by atoms with van der Waals surface area (Å²) in [4.78, 5) is 0. The van der Waals surface area contributed by atoms with E-state index in [9.17, 15) is 0 Å². The van der Waals surface area contributed by atoms with Gasteiger partial charge in [-0.25, -0.2) is 0 Å². The SMILES string of the molecule is CCC(C)SC(C)CC(=N)N. The number of nitrogens with two attached hydrogens (primary N) is 1. The molecule has 0 aromatic carbocycles. The van der Waals surface area contributed by atoms with Crippen molar-refractivity contribution in [2.24, 2.45) is 5.73 Å². The third-order valence-electron chi connectivity index (χ3n) is 1.55. The van der Waals surface area contributed by atoms with Gasteiger partial charge in [0.1, 0.15) is 0 Å². The molecule has 0 bridgehead atoms. The first kappa shape index (κ1) is 10.8. The van der Waals surface area contributed by atoms with Crippen LogP contribution in [0.25, 0.3) is 0 Å². The van der Waals surface area contributed by atoms with Gasteiger partial charge in [0, 0.05) is 16.9 Å². The van der Waals surface area contributed by atoms with Crippen molar-refractivity contribution in [1.29, 1.82) is 5.41 Å². The Bertz CT molecular complexity index is 125. The van der Waals surface area contributed by atoms with Crippen molar-refractivity contribution >= 4 is 17.6 Å². The summed E-state index contributed by atoms with van der Waals surface area (Å²) in [5, 5.41) is 8.26. The highest BCUT2D eigenvalue weighted by atomic mass is 32.2. The fraction of sp³-hybridized carbons (Fsp3) is 0.875. The van der Waals surface area contributed by atoms with Crippen molar-refractivity contribution < 1.29 is 0 Å². The van der Waals surface area contributed by atoms with Crippen LogP contribution in [-0.4, -0.2) is 16.3 Å². The summed E-state index contributed by atoms with van der Waals surface area (Å²) in [6.45, 7) is 6.51. The van der Waals surface area contributed by atoms with E-state index in [2.05, 4.69) is 20.8 Å². The van der Waals surface area contributed by atoms with Gasteiger partial charge in [-0.15, -0.1) is 0 Å². The highest BCUT2D eigenvalue weighted by Gasteiger charge is 2.07. The van der Waals surface area contributed by atoms with Crippen LogP contribution < -0.4 is 5.73 Å². The predicted octanol–water partition coefficient (Wildman–Crippen LogP) is 2.23. The molecule has 0 aromatic rings. The highest BCUT2D eigenvalue weighted by Crippen LogP contribution is 2.21. The zero-order chi connectivity index (χ0) is 8.85. The molecule has 0 heterocycles. The molecule has 0 fully saturated rings. The molecule has 0 saturated carbocycles. The maximum absolute atomic E-state index is 7.09. The first-order valence-electron chi connectivity index (χ1n) is 4.04. The van der Waals surface area contributed by atoms with Crippen LogP contribution in [0.15, 0.2) is 0 Å². The van der Waals surface area contributed by atoms with Gasteiger partial charge in [-0.2, -0.15) is 11.8 Å². The van der Waals surface area contributed by atoms with Crippen LogP contribution >= 0.6 is 11.8 Å².